The minimum Gasteiger partial charge on any atom is -0.469 e. The van der Waals surface area contributed by atoms with E-state index < -0.39 is 0 Å². The maximum Gasteiger partial charge on any atom is 0.337 e. The van der Waals surface area contributed by atoms with E-state index in [1.807, 2.05) is 13.8 Å². The summed E-state index contributed by atoms with van der Waals surface area (Å²) >= 11 is 0. The van der Waals surface area contributed by atoms with Crippen LogP contribution in [0.3, 0.4) is 0 Å². The number of rotatable bonds is 7. The standard InChI is InChI=1S/C15H26O4/c1-5-7-8-9-12-10-13(18-6-2)19-11(3)14(12)15(16)17-4/h12-13H,5-10H2,1-4H3/t12-,13+/m0/s1. The molecule has 0 N–H and O–H groups in total. The van der Waals surface area contributed by atoms with Gasteiger partial charge in [-0.2, -0.15) is 0 Å². The van der Waals surface area contributed by atoms with E-state index in [1.54, 1.807) is 0 Å². The third-order valence-corrected chi connectivity index (χ3v) is 3.49. The molecule has 1 aliphatic rings. The third kappa shape index (κ3) is 4.53. The molecule has 0 spiro atoms. The first kappa shape index (κ1) is 16.0. The topological polar surface area (TPSA) is 44.8 Å². The van der Waals surface area contributed by atoms with Crippen LogP contribution < -0.4 is 0 Å². The van der Waals surface area contributed by atoms with Gasteiger partial charge < -0.3 is 14.2 Å². The Balaban J connectivity index is 2.79. The average Bonchev–Trinajstić information content (AvgIpc) is 2.38. The summed E-state index contributed by atoms with van der Waals surface area (Å²) in [5.74, 6) is 0.566. The van der Waals surface area contributed by atoms with E-state index in [2.05, 4.69) is 6.92 Å². The summed E-state index contributed by atoms with van der Waals surface area (Å²) < 4.78 is 16.1. The summed E-state index contributed by atoms with van der Waals surface area (Å²) in [6, 6.07) is 0. The van der Waals surface area contributed by atoms with Crippen molar-refractivity contribution in [2.75, 3.05) is 13.7 Å². The van der Waals surface area contributed by atoms with Gasteiger partial charge in [0.15, 0.2) is 6.29 Å². The lowest BCUT2D eigenvalue weighted by atomic mass is 9.87. The van der Waals surface area contributed by atoms with Crippen molar-refractivity contribution < 1.29 is 19.0 Å². The fourth-order valence-electron chi connectivity index (χ4n) is 2.56. The molecular formula is C15H26O4. The van der Waals surface area contributed by atoms with Crippen LogP contribution in [-0.4, -0.2) is 26.0 Å². The minimum atomic E-state index is -0.269. The molecule has 0 aromatic rings. The SMILES string of the molecule is CCCCC[C@H]1C[C@H](OCC)OC(C)=C1C(=O)OC. The van der Waals surface area contributed by atoms with E-state index in [0.717, 1.165) is 19.3 Å². The minimum absolute atomic E-state index is 0.185. The predicted octanol–water partition coefficient (Wildman–Crippen LogP) is 3.41. The Morgan fingerprint density at radius 3 is 2.68 bits per heavy atom. The zero-order chi connectivity index (χ0) is 14.3. The second kappa shape index (κ2) is 8.20. The molecule has 0 amide bonds. The maximum absolute atomic E-state index is 11.9. The number of hydrogen-bond acceptors (Lipinski definition) is 4. The van der Waals surface area contributed by atoms with Crippen LogP contribution in [0.2, 0.25) is 0 Å². The Morgan fingerprint density at radius 1 is 1.37 bits per heavy atom. The number of carbonyl (C=O) groups is 1. The zero-order valence-electron chi connectivity index (χ0n) is 12.5. The maximum atomic E-state index is 11.9. The summed E-state index contributed by atoms with van der Waals surface area (Å²) in [5, 5.41) is 0. The van der Waals surface area contributed by atoms with E-state index in [9.17, 15) is 4.79 Å². The monoisotopic (exact) mass is 270 g/mol. The van der Waals surface area contributed by atoms with Crippen LogP contribution in [0, 0.1) is 5.92 Å². The van der Waals surface area contributed by atoms with E-state index >= 15 is 0 Å². The van der Waals surface area contributed by atoms with Gasteiger partial charge in [0.2, 0.25) is 0 Å². The molecule has 0 unspecified atom stereocenters. The van der Waals surface area contributed by atoms with Gasteiger partial charge in [0, 0.05) is 18.9 Å². The third-order valence-electron chi connectivity index (χ3n) is 3.49. The van der Waals surface area contributed by atoms with Crippen molar-refractivity contribution in [1.29, 1.82) is 0 Å². The second-order valence-corrected chi connectivity index (χ2v) is 4.89. The lowest BCUT2D eigenvalue weighted by molar-refractivity contribution is -0.147. The van der Waals surface area contributed by atoms with Gasteiger partial charge in [-0.25, -0.2) is 4.79 Å². The predicted molar refractivity (Wildman–Crippen MR) is 73.5 cm³/mol. The molecule has 4 nitrogen and oxygen atoms in total. The summed E-state index contributed by atoms with van der Waals surface area (Å²) in [6.07, 6.45) is 4.97. The molecule has 2 atom stereocenters. The van der Waals surface area contributed by atoms with Gasteiger partial charge in [-0.3, -0.25) is 0 Å². The fraction of sp³-hybridized carbons (Fsp3) is 0.800. The summed E-state index contributed by atoms with van der Waals surface area (Å²) in [4.78, 5) is 11.9. The molecule has 0 aromatic carbocycles. The van der Waals surface area contributed by atoms with Gasteiger partial charge in [0.1, 0.15) is 5.76 Å². The van der Waals surface area contributed by atoms with Crippen LogP contribution in [0.25, 0.3) is 0 Å². The van der Waals surface area contributed by atoms with Crippen molar-refractivity contribution in [3.63, 3.8) is 0 Å². The molecule has 1 heterocycles. The van der Waals surface area contributed by atoms with Crippen molar-refractivity contribution in [2.45, 2.75) is 59.2 Å². The quantitative estimate of drug-likeness (QED) is 0.525. The largest absolute Gasteiger partial charge is 0.469 e. The Labute approximate surface area is 116 Å². The van der Waals surface area contributed by atoms with Crippen molar-refractivity contribution in [3.8, 4) is 0 Å². The highest BCUT2D eigenvalue weighted by atomic mass is 16.7. The van der Waals surface area contributed by atoms with Crippen LogP contribution in [0.15, 0.2) is 11.3 Å². The van der Waals surface area contributed by atoms with Gasteiger partial charge in [-0.1, -0.05) is 26.2 Å². The molecule has 1 aliphatic heterocycles. The molecule has 0 aliphatic carbocycles. The summed E-state index contributed by atoms with van der Waals surface area (Å²) in [5.41, 5.74) is 0.689. The van der Waals surface area contributed by atoms with Gasteiger partial charge in [-0.15, -0.1) is 0 Å². The molecule has 0 bridgehead atoms. The van der Waals surface area contributed by atoms with E-state index in [-0.39, 0.29) is 18.2 Å². The first-order valence-corrected chi connectivity index (χ1v) is 7.21. The van der Waals surface area contributed by atoms with E-state index in [0.29, 0.717) is 17.9 Å². The zero-order valence-corrected chi connectivity index (χ0v) is 12.5. The lowest BCUT2D eigenvalue weighted by Crippen LogP contribution is -2.31. The van der Waals surface area contributed by atoms with Gasteiger partial charge in [-0.05, 0) is 20.3 Å². The Bertz CT molecular complexity index is 322. The molecule has 0 saturated carbocycles. The van der Waals surface area contributed by atoms with Crippen LogP contribution in [0.4, 0.5) is 0 Å². The number of carbonyl (C=O) groups excluding carboxylic acids is 1. The fourth-order valence-corrected chi connectivity index (χ4v) is 2.56. The van der Waals surface area contributed by atoms with Crippen LogP contribution >= 0.6 is 0 Å². The van der Waals surface area contributed by atoms with E-state index in [1.165, 1.54) is 20.0 Å². The number of hydrogen-bond donors (Lipinski definition) is 0. The molecule has 0 aromatic heterocycles. The summed E-state index contributed by atoms with van der Waals surface area (Å²) in [7, 11) is 1.42. The highest BCUT2D eigenvalue weighted by Crippen LogP contribution is 2.34. The lowest BCUT2D eigenvalue weighted by Gasteiger charge is -2.31. The van der Waals surface area contributed by atoms with Crippen LogP contribution in [0.5, 0.6) is 0 Å². The molecule has 0 radical (unpaired) electrons. The van der Waals surface area contributed by atoms with Gasteiger partial charge in [0.25, 0.3) is 0 Å². The Hall–Kier alpha value is -1.03. The molecule has 4 heteroatoms. The van der Waals surface area contributed by atoms with Gasteiger partial charge in [0.05, 0.1) is 12.7 Å². The molecular weight excluding hydrogens is 244 g/mol. The van der Waals surface area contributed by atoms with Crippen molar-refractivity contribution in [2.24, 2.45) is 5.92 Å². The Kier molecular flexibility index (Phi) is 6.92. The second-order valence-electron chi connectivity index (χ2n) is 4.89. The summed E-state index contributed by atoms with van der Waals surface area (Å²) in [6.45, 7) is 6.57. The normalized spacial score (nSPS) is 23.2. The number of allylic oxidation sites excluding steroid dienone is 1. The number of methoxy groups -OCH3 is 1. The van der Waals surface area contributed by atoms with Crippen LogP contribution in [0.1, 0.15) is 52.9 Å². The van der Waals surface area contributed by atoms with Crippen LogP contribution in [-0.2, 0) is 19.0 Å². The first-order chi connectivity index (χ1) is 9.13. The first-order valence-electron chi connectivity index (χ1n) is 7.21. The van der Waals surface area contributed by atoms with E-state index in [4.69, 9.17) is 14.2 Å². The number of esters is 1. The van der Waals surface area contributed by atoms with Crippen molar-refractivity contribution in [1.82, 2.24) is 0 Å². The smallest absolute Gasteiger partial charge is 0.337 e. The molecule has 110 valence electrons. The van der Waals surface area contributed by atoms with Crippen molar-refractivity contribution >= 4 is 5.97 Å². The average molecular weight is 270 g/mol. The number of unbranched alkanes of at least 4 members (excludes halogenated alkanes) is 2. The highest BCUT2D eigenvalue weighted by molar-refractivity contribution is 5.89. The Morgan fingerprint density at radius 2 is 2.11 bits per heavy atom. The number of ether oxygens (including phenoxy) is 3. The van der Waals surface area contributed by atoms with Gasteiger partial charge >= 0.3 is 5.97 Å². The molecule has 1 rings (SSSR count). The molecule has 19 heavy (non-hydrogen) atoms. The molecule has 0 fully saturated rings. The highest BCUT2D eigenvalue weighted by Gasteiger charge is 2.33. The van der Waals surface area contributed by atoms with Crippen molar-refractivity contribution in [3.05, 3.63) is 11.3 Å². The molecule has 0 saturated heterocycles.